The molecule has 4 nitrogen and oxygen atoms in total. The monoisotopic (exact) mass is 243 g/mol. The molecule has 0 amide bonds. The molecule has 0 bridgehead atoms. The molecule has 1 fully saturated rings. The Balaban J connectivity index is 1.81. The van der Waals surface area contributed by atoms with Crippen molar-refractivity contribution in [3.8, 4) is 11.3 Å². The minimum absolute atomic E-state index is 0.423. The van der Waals surface area contributed by atoms with Crippen molar-refractivity contribution in [1.29, 1.82) is 0 Å². The van der Waals surface area contributed by atoms with E-state index in [9.17, 15) is 0 Å². The highest BCUT2D eigenvalue weighted by Crippen LogP contribution is 2.28. The summed E-state index contributed by atoms with van der Waals surface area (Å²) in [6.45, 7) is 2.33. The third-order valence-electron chi connectivity index (χ3n) is 3.59. The first kappa shape index (κ1) is 11.3. The second-order valence-corrected chi connectivity index (χ2v) is 4.99. The van der Waals surface area contributed by atoms with E-state index in [1.54, 1.807) is 6.07 Å². The van der Waals surface area contributed by atoms with E-state index in [-0.39, 0.29) is 0 Å². The fourth-order valence-corrected chi connectivity index (χ4v) is 2.55. The van der Waals surface area contributed by atoms with Crippen LogP contribution >= 0.6 is 0 Å². The van der Waals surface area contributed by atoms with Crippen LogP contribution in [-0.4, -0.2) is 30.2 Å². The molecule has 0 aliphatic carbocycles. The Labute approximate surface area is 106 Å². The van der Waals surface area contributed by atoms with E-state index in [1.165, 1.54) is 18.5 Å². The summed E-state index contributed by atoms with van der Waals surface area (Å²) in [6, 6.07) is 10.3. The van der Waals surface area contributed by atoms with Crippen molar-refractivity contribution in [2.45, 2.75) is 12.3 Å². The van der Waals surface area contributed by atoms with Crippen LogP contribution in [0.4, 0.5) is 5.82 Å². The molecule has 1 unspecified atom stereocenters. The van der Waals surface area contributed by atoms with E-state index in [0.717, 1.165) is 17.9 Å². The maximum absolute atomic E-state index is 5.55. The lowest BCUT2D eigenvalue weighted by Gasteiger charge is -2.10. The Morgan fingerprint density at radius 2 is 2.11 bits per heavy atom. The number of likely N-dealkylation sites (N-methyl/N-ethyl adjacent to an activating group) is 1. The zero-order valence-electron chi connectivity index (χ0n) is 10.5. The van der Waals surface area contributed by atoms with E-state index < -0.39 is 0 Å². The quantitative estimate of drug-likeness (QED) is 0.879. The molecular weight excluding hydrogens is 226 g/mol. The molecule has 0 saturated carbocycles. The first-order chi connectivity index (χ1) is 8.72. The van der Waals surface area contributed by atoms with Crippen LogP contribution in [0.1, 0.15) is 17.9 Å². The number of aromatic nitrogens is 1. The Morgan fingerprint density at radius 1 is 1.33 bits per heavy atom. The van der Waals surface area contributed by atoms with Crippen LogP contribution in [0.2, 0.25) is 0 Å². The molecule has 1 atom stereocenters. The largest absolute Gasteiger partial charge is 0.381 e. The van der Waals surface area contributed by atoms with Gasteiger partial charge in [-0.15, -0.1) is 0 Å². The van der Waals surface area contributed by atoms with Crippen molar-refractivity contribution in [3.05, 3.63) is 35.9 Å². The van der Waals surface area contributed by atoms with E-state index in [4.69, 9.17) is 10.3 Å². The predicted molar refractivity (Wildman–Crippen MR) is 71.2 cm³/mol. The molecule has 94 valence electrons. The van der Waals surface area contributed by atoms with Gasteiger partial charge in [0.2, 0.25) is 0 Å². The smallest absolute Gasteiger partial charge is 0.169 e. The SMILES string of the molecule is CN1CCC(c2ccc(-c3cc(N)no3)cc2)C1. The molecule has 2 heterocycles. The summed E-state index contributed by atoms with van der Waals surface area (Å²) in [5, 5.41) is 3.70. The second-order valence-electron chi connectivity index (χ2n) is 4.99. The molecule has 2 aromatic rings. The molecule has 1 aromatic carbocycles. The third kappa shape index (κ3) is 2.11. The molecule has 3 rings (SSSR count). The van der Waals surface area contributed by atoms with E-state index >= 15 is 0 Å². The van der Waals surface area contributed by atoms with Crippen LogP contribution in [0.25, 0.3) is 11.3 Å². The summed E-state index contributed by atoms with van der Waals surface area (Å²) >= 11 is 0. The van der Waals surface area contributed by atoms with Gasteiger partial charge < -0.3 is 15.2 Å². The van der Waals surface area contributed by atoms with Gasteiger partial charge in [0, 0.05) is 18.2 Å². The summed E-state index contributed by atoms with van der Waals surface area (Å²) in [4.78, 5) is 2.37. The number of likely N-dealkylation sites (tertiary alicyclic amines) is 1. The fraction of sp³-hybridized carbons (Fsp3) is 0.357. The van der Waals surface area contributed by atoms with Gasteiger partial charge in [-0.1, -0.05) is 29.4 Å². The van der Waals surface area contributed by atoms with Crippen molar-refractivity contribution < 1.29 is 4.52 Å². The molecule has 2 N–H and O–H groups in total. The van der Waals surface area contributed by atoms with E-state index in [2.05, 4.69) is 41.4 Å². The van der Waals surface area contributed by atoms with Gasteiger partial charge in [-0.25, -0.2) is 0 Å². The zero-order chi connectivity index (χ0) is 12.5. The lowest BCUT2D eigenvalue weighted by molar-refractivity contribution is 0.411. The van der Waals surface area contributed by atoms with Crippen LogP contribution in [-0.2, 0) is 0 Å². The molecule has 1 saturated heterocycles. The summed E-state index contributed by atoms with van der Waals surface area (Å²) in [6.07, 6.45) is 1.24. The molecule has 18 heavy (non-hydrogen) atoms. The van der Waals surface area contributed by atoms with Gasteiger partial charge in [0.15, 0.2) is 11.6 Å². The van der Waals surface area contributed by atoms with Crippen molar-refractivity contribution in [2.75, 3.05) is 25.9 Å². The minimum Gasteiger partial charge on any atom is -0.381 e. The highest BCUT2D eigenvalue weighted by molar-refractivity contribution is 5.60. The molecule has 0 spiro atoms. The zero-order valence-corrected chi connectivity index (χ0v) is 10.5. The average molecular weight is 243 g/mol. The van der Waals surface area contributed by atoms with Gasteiger partial charge in [-0.05, 0) is 31.5 Å². The Kier molecular flexibility index (Phi) is 2.80. The Hall–Kier alpha value is -1.81. The number of hydrogen-bond acceptors (Lipinski definition) is 4. The number of anilines is 1. The van der Waals surface area contributed by atoms with Crippen molar-refractivity contribution in [3.63, 3.8) is 0 Å². The predicted octanol–water partition coefficient (Wildman–Crippen LogP) is 2.34. The molecule has 4 heteroatoms. The standard InChI is InChI=1S/C14H17N3O/c1-17-7-6-12(9-17)10-2-4-11(5-3-10)13-8-14(15)16-18-13/h2-5,8,12H,6-7,9H2,1H3,(H2,15,16). The van der Waals surface area contributed by atoms with E-state index in [1.807, 2.05) is 0 Å². The first-order valence-corrected chi connectivity index (χ1v) is 6.23. The number of hydrogen-bond donors (Lipinski definition) is 1. The van der Waals surface area contributed by atoms with Crippen LogP contribution < -0.4 is 5.73 Å². The topological polar surface area (TPSA) is 55.3 Å². The highest BCUT2D eigenvalue weighted by atomic mass is 16.5. The first-order valence-electron chi connectivity index (χ1n) is 6.23. The maximum atomic E-state index is 5.55. The van der Waals surface area contributed by atoms with Gasteiger partial charge >= 0.3 is 0 Å². The van der Waals surface area contributed by atoms with Crippen LogP contribution in [0.3, 0.4) is 0 Å². The number of nitrogens with two attached hydrogens (primary N) is 1. The van der Waals surface area contributed by atoms with Crippen molar-refractivity contribution in [1.82, 2.24) is 10.1 Å². The molecular formula is C14H17N3O. The van der Waals surface area contributed by atoms with Crippen LogP contribution in [0.15, 0.2) is 34.9 Å². The Morgan fingerprint density at radius 3 is 2.67 bits per heavy atom. The van der Waals surface area contributed by atoms with Gasteiger partial charge in [-0.2, -0.15) is 0 Å². The Bertz CT molecular complexity index is 532. The summed E-state index contributed by atoms with van der Waals surface area (Å²) < 4.78 is 5.15. The molecule has 1 aliphatic rings. The van der Waals surface area contributed by atoms with Crippen molar-refractivity contribution in [2.24, 2.45) is 0 Å². The third-order valence-corrected chi connectivity index (χ3v) is 3.59. The molecule has 1 aliphatic heterocycles. The number of nitrogen functional groups attached to an aromatic ring is 1. The maximum Gasteiger partial charge on any atom is 0.169 e. The number of nitrogens with zero attached hydrogens (tertiary/aromatic N) is 2. The van der Waals surface area contributed by atoms with Gasteiger partial charge in [0.1, 0.15) is 0 Å². The van der Waals surface area contributed by atoms with E-state index in [0.29, 0.717) is 11.7 Å². The van der Waals surface area contributed by atoms with Gasteiger partial charge in [0.25, 0.3) is 0 Å². The second kappa shape index (κ2) is 4.46. The van der Waals surface area contributed by atoms with Crippen molar-refractivity contribution >= 4 is 5.82 Å². The minimum atomic E-state index is 0.423. The van der Waals surface area contributed by atoms with Gasteiger partial charge in [0.05, 0.1) is 0 Å². The lowest BCUT2D eigenvalue weighted by atomic mass is 9.97. The molecule has 0 radical (unpaired) electrons. The average Bonchev–Trinajstić information content (AvgIpc) is 2.98. The fourth-order valence-electron chi connectivity index (χ4n) is 2.55. The number of rotatable bonds is 2. The molecule has 1 aromatic heterocycles. The summed E-state index contributed by atoms with van der Waals surface area (Å²) in [7, 11) is 2.17. The van der Waals surface area contributed by atoms with Gasteiger partial charge in [-0.3, -0.25) is 0 Å². The van der Waals surface area contributed by atoms with Crippen LogP contribution in [0.5, 0.6) is 0 Å². The van der Waals surface area contributed by atoms with Crippen LogP contribution in [0, 0.1) is 0 Å². The highest BCUT2D eigenvalue weighted by Gasteiger charge is 2.20. The summed E-state index contributed by atoms with van der Waals surface area (Å²) in [5.41, 5.74) is 7.97. The number of benzene rings is 1. The lowest BCUT2D eigenvalue weighted by Crippen LogP contribution is -2.13. The summed E-state index contributed by atoms with van der Waals surface area (Å²) in [5.74, 6) is 1.80. The normalized spacial score (nSPS) is 20.4.